The Kier molecular flexibility index (Phi) is 3.54. The molecule has 2 aliphatic rings. The van der Waals surface area contributed by atoms with Crippen LogP contribution in [-0.4, -0.2) is 22.3 Å². The molecule has 0 saturated heterocycles. The highest BCUT2D eigenvalue weighted by atomic mass is 16.4. The SMILES string of the molecule is C=C1CC[C@@H](O)[C@]2(C)CC[C@@H]([C@@H](C)C(=O)O)C[C@H]12. The van der Waals surface area contributed by atoms with E-state index in [2.05, 4.69) is 13.5 Å². The van der Waals surface area contributed by atoms with E-state index in [9.17, 15) is 9.90 Å². The quantitative estimate of drug-likeness (QED) is 0.743. The van der Waals surface area contributed by atoms with Gasteiger partial charge < -0.3 is 10.2 Å². The van der Waals surface area contributed by atoms with Crippen LogP contribution in [0.2, 0.25) is 0 Å². The van der Waals surface area contributed by atoms with Gasteiger partial charge >= 0.3 is 5.97 Å². The fourth-order valence-electron chi connectivity index (χ4n) is 3.87. The van der Waals surface area contributed by atoms with Gasteiger partial charge in [-0.25, -0.2) is 0 Å². The molecule has 0 aromatic heterocycles. The number of allylic oxidation sites excluding steroid dienone is 1. The van der Waals surface area contributed by atoms with E-state index >= 15 is 0 Å². The zero-order valence-corrected chi connectivity index (χ0v) is 11.4. The van der Waals surface area contributed by atoms with Crippen LogP contribution in [-0.2, 0) is 4.79 Å². The predicted octanol–water partition coefficient (Wildman–Crippen LogP) is 2.84. The standard InChI is InChI=1S/C15H24O3/c1-9-4-5-13(16)15(3)7-6-11(8-12(9)15)10(2)14(17)18/h10-13,16H,1,4-8H2,2-3H3,(H,17,18)/t10-,11-,12-,13-,15-/m1/s1. The first-order valence-electron chi connectivity index (χ1n) is 6.94. The van der Waals surface area contributed by atoms with Gasteiger partial charge in [-0.15, -0.1) is 0 Å². The number of fused-ring (bicyclic) bond motifs is 1. The van der Waals surface area contributed by atoms with Gasteiger partial charge in [0.2, 0.25) is 0 Å². The van der Waals surface area contributed by atoms with Crippen molar-refractivity contribution in [2.75, 3.05) is 0 Å². The van der Waals surface area contributed by atoms with E-state index in [4.69, 9.17) is 5.11 Å². The highest BCUT2D eigenvalue weighted by molar-refractivity contribution is 5.69. The number of aliphatic hydroxyl groups excluding tert-OH is 1. The van der Waals surface area contributed by atoms with Crippen molar-refractivity contribution >= 4 is 5.97 Å². The summed E-state index contributed by atoms with van der Waals surface area (Å²) in [6.07, 6.45) is 4.14. The molecule has 2 fully saturated rings. The minimum Gasteiger partial charge on any atom is -0.481 e. The maximum atomic E-state index is 11.1. The number of rotatable bonds is 2. The molecule has 0 aromatic rings. The molecule has 2 N–H and O–H groups in total. The molecule has 0 spiro atoms. The van der Waals surface area contributed by atoms with Crippen molar-refractivity contribution < 1.29 is 15.0 Å². The van der Waals surface area contributed by atoms with Crippen molar-refractivity contribution in [2.45, 2.75) is 52.1 Å². The average molecular weight is 252 g/mol. The molecule has 3 heteroatoms. The molecular weight excluding hydrogens is 228 g/mol. The third-order valence-electron chi connectivity index (χ3n) is 5.48. The molecule has 102 valence electrons. The molecule has 2 rings (SSSR count). The van der Waals surface area contributed by atoms with Crippen LogP contribution < -0.4 is 0 Å². The number of carbonyl (C=O) groups is 1. The number of aliphatic carboxylic acids is 1. The monoisotopic (exact) mass is 252 g/mol. The van der Waals surface area contributed by atoms with Crippen LogP contribution in [0, 0.1) is 23.2 Å². The van der Waals surface area contributed by atoms with E-state index in [1.807, 2.05) is 0 Å². The molecule has 18 heavy (non-hydrogen) atoms. The molecule has 3 nitrogen and oxygen atoms in total. The Morgan fingerprint density at radius 1 is 1.50 bits per heavy atom. The molecule has 0 bridgehead atoms. The Labute approximate surface area is 109 Å². The third kappa shape index (κ3) is 2.09. The summed E-state index contributed by atoms with van der Waals surface area (Å²) in [5.74, 6) is -0.476. The Morgan fingerprint density at radius 3 is 2.78 bits per heavy atom. The van der Waals surface area contributed by atoms with Gasteiger partial charge in [0.05, 0.1) is 12.0 Å². The van der Waals surface area contributed by atoms with E-state index in [0.717, 1.165) is 32.1 Å². The number of hydrogen-bond donors (Lipinski definition) is 2. The predicted molar refractivity (Wildman–Crippen MR) is 70.1 cm³/mol. The van der Waals surface area contributed by atoms with E-state index in [-0.39, 0.29) is 23.4 Å². The Bertz CT molecular complexity index is 363. The van der Waals surface area contributed by atoms with Crippen LogP contribution >= 0.6 is 0 Å². The van der Waals surface area contributed by atoms with Crippen LogP contribution in [0.5, 0.6) is 0 Å². The van der Waals surface area contributed by atoms with Crippen LogP contribution in [0.4, 0.5) is 0 Å². The Morgan fingerprint density at radius 2 is 2.17 bits per heavy atom. The molecular formula is C15H24O3. The highest BCUT2D eigenvalue weighted by Gasteiger charge is 2.49. The zero-order valence-electron chi connectivity index (χ0n) is 11.4. The van der Waals surface area contributed by atoms with Gasteiger partial charge in [-0.05, 0) is 43.9 Å². The topological polar surface area (TPSA) is 57.5 Å². The first-order chi connectivity index (χ1) is 8.36. The van der Waals surface area contributed by atoms with Crippen LogP contribution in [0.1, 0.15) is 46.0 Å². The third-order valence-corrected chi connectivity index (χ3v) is 5.48. The summed E-state index contributed by atoms with van der Waals surface area (Å²) in [5.41, 5.74) is 1.13. The second-order valence-electron chi connectivity index (χ2n) is 6.43. The molecule has 0 unspecified atom stereocenters. The first kappa shape index (κ1) is 13.6. The van der Waals surface area contributed by atoms with Gasteiger partial charge in [0.15, 0.2) is 0 Å². The summed E-state index contributed by atoms with van der Waals surface area (Å²) in [4.78, 5) is 11.1. The van der Waals surface area contributed by atoms with Crippen molar-refractivity contribution in [3.63, 3.8) is 0 Å². The Hall–Kier alpha value is -0.830. The van der Waals surface area contributed by atoms with Crippen molar-refractivity contribution in [1.29, 1.82) is 0 Å². The summed E-state index contributed by atoms with van der Waals surface area (Å²) in [7, 11) is 0. The molecule has 0 heterocycles. The minimum absolute atomic E-state index is 0.0793. The maximum Gasteiger partial charge on any atom is 0.306 e. The molecule has 0 aromatic carbocycles. The number of carboxylic acids is 1. The van der Waals surface area contributed by atoms with Gasteiger partial charge in [-0.3, -0.25) is 4.79 Å². The summed E-state index contributed by atoms with van der Waals surface area (Å²) in [5, 5.41) is 19.4. The van der Waals surface area contributed by atoms with E-state index < -0.39 is 5.97 Å². The van der Waals surface area contributed by atoms with Crippen molar-refractivity contribution in [2.24, 2.45) is 23.2 Å². The summed E-state index contributed by atoms with van der Waals surface area (Å²) >= 11 is 0. The van der Waals surface area contributed by atoms with Crippen molar-refractivity contribution in [3.8, 4) is 0 Å². The maximum absolute atomic E-state index is 11.1. The van der Waals surface area contributed by atoms with Crippen molar-refractivity contribution in [1.82, 2.24) is 0 Å². The largest absolute Gasteiger partial charge is 0.481 e. The highest BCUT2D eigenvalue weighted by Crippen LogP contribution is 2.54. The molecule has 2 saturated carbocycles. The lowest BCUT2D eigenvalue weighted by Gasteiger charge is -2.52. The number of hydrogen-bond acceptors (Lipinski definition) is 2. The molecule has 5 atom stereocenters. The smallest absolute Gasteiger partial charge is 0.306 e. The fourth-order valence-corrected chi connectivity index (χ4v) is 3.87. The van der Waals surface area contributed by atoms with E-state index in [0.29, 0.717) is 5.92 Å². The first-order valence-corrected chi connectivity index (χ1v) is 6.94. The molecule has 0 amide bonds. The van der Waals surface area contributed by atoms with Gasteiger partial charge in [-0.2, -0.15) is 0 Å². The second-order valence-corrected chi connectivity index (χ2v) is 6.43. The minimum atomic E-state index is -0.703. The second kappa shape index (κ2) is 4.69. The lowest BCUT2D eigenvalue weighted by molar-refractivity contribution is -0.145. The molecule has 2 aliphatic carbocycles. The lowest BCUT2D eigenvalue weighted by Crippen LogP contribution is -2.48. The fraction of sp³-hybridized carbons (Fsp3) is 0.800. The van der Waals surface area contributed by atoms with Crippen molar-refractivity contribution in [3.05, 3.63) is 12.2 Å². The zero-order chi connectivity index (χ0) is 13.5. The summed E-state index contributed by atoms with van der Waals surface area (Å²) in [6.45, 7) is 8.11. The van der Waals surface area contributed by atoms with Crippen LogP contribution in [0.15, 0.2) is 12.2 Å². The lowest BCUT2D eigenvalue weighted by atomic mass is 9.54. The average Bonchev–Trinajstić information content (AvgIpc) is 2.33. The van der Waals surface area contributed by atoms with Gasteiger partial charge in [0.1, 0.15) is 0 Å². The van der Waals surface area contributed by atoms with Crippen LogP contribution in [0.25, 0.3) is 0 Å². The van der Waals surface area contributed by atoms with Gasteiger partial charge in [0.25, 0.3) is 0 Å². The van der Waals surface area contributed by atoms with Gasteiger partial charge in [-0.1, -0.05) is 26.0 Å². The normalized spacial score (nSPS) is 42.2. The van der Waals surface area contributed by atoms with E-state index in [1.165, 1.54) is 5.57 Å². The number of carboxylic acid groups (broad SMARTS) is 1. The Balaban J connectivity index is 2.16. The molecule has 0 radical (unpaired) electrons. The molecule has 0 aliphatic heterocycles. The van der Waals surface area contributed by atoms with Gasteiger partial charge in [0, 0.05) is 5.41 Å². The van der Waals surface area contributed by atoms with E-state index in [1.54, 1.807) is 6.92 Å². The number of aliphatic hydroxyl groups is 1. The van der Waals surface area contributed by atoms with Crippen LogP contribution in [0.3, 0.4) is 0 Å². The summed E-state index contributed by atoms with van der Waals surface area (Å²) < 4.78 is 0. The summed E-state index contributed by atoms with van der Waals surface area (Å²) in [6, 6.07) is 0.